The number of ketones is 1. The monoisotopic (exact) mass is 682 g/mol. The van der Waals surface area contributed by atoms with Crippen LogP contribution in [0.2, 0.25) is 0 Å². The second-order valence-electron chi connectivity index (χ2n) is 8.07. The Labute approximate surface area is 223 Å². The van der Waals surface area contributed by atoms with Crippen molar-refractivity contribution in [3.63, 3.8) is 0 Å². The highest BCUT2D eigenvalue weighted by atomic mass is 127. The number of nitro benzene ring substituents is 1. The summed E-state index contributed by atoms with van der Waals surface area (Å²) in [5, 5.41) is 20.8. The van der Waals surface area contributed by atoms with Gasteiger partial charge in [-0.05, 0) is 93.4 Å². The van der Waals surface area contributed by atoms with E-state index in [4.69, 9.17) is 10.5 Å². The van der Waals surface area contributed by atoms with Crippen LogP contribution in [0.15, 0.2) is 59.1 Å². The molecule has 1 aliphatic heterocycles. The lowest BCUT2D eigenvalue weighted by Gasteiger charge is -2.37. The first-order valence-electron chi connectivity index (χ1n) is 10.5. The van der Waals surface area contributed by atoms with Gasteiger partial charge in [-0.25, -0.2) is 0 Å². The molecule has 2 aromatic carbocycles. The Balaban J connectivity index is 1.67. The highest BCUT2D eigenvalue weighted by Gasteiger charge is 2.39. The number of ether oxygens (including phenoxy) is 1. The first kappa shape index (κ1) is 24.5. The fourth-order valence-electron chi connectivity index (χ4n) is 4.35. The molecule has 1 aliphatic carbocycles. The molecule has 0 radical (unpaired) electrons. The summed E-state index contributed by atoms with van der Waals surface area (Å²) in [7, 11) is 1.81. The van der Waals surface area contributed by atoms with Crippen LogP contribution < -0.4 is 10.5 Å². The maximum Gasteiger partial charge on any atom is 0.269 e. The van der Waals surface area contributed by atoms with Gasteiger partial charge < -0.3 is 15.4 Å². The van der Waals surface area contributed by atoms with Gasteiger partial charge in [0.1, 0.15) is 18.2 Å². The van der Waals surface area contributed by atoms with Gasteiger partial charge >= 0.3 is 0 Å². The number of carbonyl (C=O) groups excluding carboxylic acids is 1. The SMILES string of the molecule is CN1C(N)=C(C#N)[C@H](c2cc(I)c(OCc3ccc([N+](=O)[O-])cc3)c(I)c2)C2=C1CCCC2=O. The fourth-order valence-corrected chi connectivity index (χ4v) is 6.48. The number of nitro groups is 1. The number of benzene rings is 2. The molecule has 2 N–H and O–H groups in total. The first-order valence-corrected chi connectivity index (χ1v) is 12.6. The number of hydrogen-bond acceptors (Lipinski definition) is 7. The second kappa shape index (κ2) is 9.91. The Bertz CT molecular complexity index is 1270. The molecule has 10 heteroatoms. The Morgan fingerprint density at radius 3 is 2.47 bits per heavy atom. The molecule has 0 spiro atoms. The van der Waals surface area contributed by atoms with Crippen LogP contribution in [0.25, 0.3) is 0 Å². The minimum atomic E-state index is -0.505. The van der Waals surface area contributed by atoms with Gasteiger partial charge in [-0.15, -0.1) is 0 Å². The average molecular weight is 682 g/mol. The Hall–Kier alpha value is -2.66. The highest BCUT2D eigenvalue weighted by molar-refractivity contribution is 14.1. The molecule has 2 aliphatic rings. The summed E-state index contributed by atoms with van der Waals surface area (Å²) in [5.74, 6) is 0.608. The van der Waals surface area contributed by atoms with Gasteiger partial charge in [-0.2, -0.15) is 5.26 Å². The lowest BCUT2D eigenvalue weighted by Crippen LogP contribution is -2.36. The molecule has 0 aromatic heterocycles. The van der Waals surface area contributed by atoms with Gasteiger partial charge in [-0.3, -0.25) is 14.9 Å². The van der Waals surface area contributed by atoms with E-state index in [0.29, 0.717) is 29.1 Å². The predicted octanol–water partition coefficient (Wildman–Crippen LogP) is 5.11. The third kappa shape index (κ3) is 4.50. The molecule has 0 fully saturated rings. The zero-order valence-electron chi connectivity index (χ0n) is 18.2. The zero-order valence-corrected chi connectivity index (χ0v) is 22.5. The van der Waals surface area contributed by atoms with Crippen molar-refractivity contribution in [1.29, 1.82) is 5.26 Å². The average Bonchev–Trinajstić information content (AvgIpc) is 2.81. The molecule has 2 aromatic rings. The third-order valence-electron chi connectivity index (χ3n) is 6.05. The Kier molecular flexibility index (Phi) is 7.13. The van der Waals surface area contributed by atoms with E-state index >= 15 is 0 Å². The van der Waals surface area contributed by atoms with Crippen LogP contribution in [-0.4, -0.2) is 22.7 Å². The topological polar surface area (TPSA) is 122 Å². The summed E-state index contributed by atoms with van der Waals surface area (Å²) < 4.78 is 7.71. The van der Waals surface area contributed by atoms with E-state index in [1.807, 2.05) is 12.1 Å². The van der Waals surface area contributed by atoms with E-state index in [2.05, 4.69) is 51.3 Å². The molecule has 0 bridgehead atoms. The largest absolute Gasteiger partial charge is 0.487 e. The summed E-state index contributed by atoms with van der Waals surface area (Å²) >= 11 is 4.37. The van der Waals surface area contributed by atoms with Gasteiger partial charge in [0.25, 0.3) is 5.69 Å². The summed E-state index contributed by atoms with van der Waals surface area (Å²) in [5.41, 5.74) is 9.92. The number of non-ortho nitro benzene ring substituents is 1. The molecular weight excluding hydrogens is 662 g/mol. The number of allylic oxidation sites excluding steroid dienone is 3. The number of nitrogens with zero attached hydrogens (tertiary/aromatic N) is 3. The molecule has 8 nitrogen and oxygen atoms in total. The summed E-state index contributed by atoms with van der Waals surface area (Å²) in [4.78, 5) is 25.1. The van der Waals surface area contributed by atoms with Crippen LogP contribution >= 0.6 is 45.2 Å². The highest BCUT2D eigenvalue weighted by Crippen LogP contribution is 2.45. The Morgan fingerprint density at radius 1 is 1.24 bits per heavy atom. The molecule has 1 heterocycles. The molecule has 0 saturated carbocycles. The first-order chi connectivity index (χ1) is 16.2. The quantitative estimate of drug-likeness (QED) is 0.264. The summed E-state index contributed by atoms with van der Waals surface area (Å²) in [6.07, 6.45) is 1.99. The van der Waals surface area contributed by atoms with Crippen molar-refractivity contribution < 1.29 is 14.5 Å². The van der Waals surface area contributed by atoms with Crippen LogP contribution in [0.3, 0.4) is 0 Å². The molecule has 0 saturated heterocycles. The number of rotatable bonds is 5. The van der Waals surface area contributed by atoms with Crippen molar-refractivity contribution in [2.75, 3.05) is 7.05 Å². The standard InChI is InChI=1S/C24H20I2N4O4/c1-29-19-3-2-4-20(31)22(19)21(16(11-27)24(29)28)14-9-17(25)23(18(26)10-14)34-12-13-5-7-15(8-6-13)30(32)33/h5-10,21H,2-4,12,28H2,1H3/t21-/m0/s1. The van der Waals surface area contributed by atoms with Gasteiger partial charge in [0.05, 0.1) is 29.6 Å². The maximum atomic E-state index is 13.0. The molecule has 34 heavy (non-hydrogen) atoms. The second-order valence-corrected chi connectivity index (χ2v) is 10.4. The van der Waals surface area contributed by atoms with Crippen molar-refractivity contribution in [2.45, 2.75) is 31.8 Å². The van der Waals surface area contributed by atoms with Crippen molar-refractivity contribution >= 4 is 56.7 Å². The zero-order chi connectivity index (χ0) is 24.6. The lowest BCUT2D eigenvalue weighted by molar-refractivity contribution is -0.384. The van der Waals surface area contributed by atoms with Gasteiger partial charge in [-0.1, -0.05) is 0 Å². The normalized spacial score (nSPS) is 18.0. The van der Waals surface area contributed by atoms with Crippen molar-refractivity contribution in [2.24, 2.45) is 5.73 Å². The van der Waals surface area contributed by atoms with Gasteiger partial charge in [0.15, 0.2) is 5.78 Å². The van der Waals surface area contributed by atoms with Crippen molar-refractivity contribution in [1.82, 2.24) is 4.90 Å². The molecule has 1 atom stereocenters. The lowest BCUT2D eigenvalue weighted by atomic mass is 9.76. The van der Waals surface area contributed by atoms with Gasteiger partial charge in [0.2, 0.25) is 0 Å². The summed E-state index contributed by atoms with van der Waals surface area (Å²) in [6.45, 7) is 0.252. The smallest absolute Gasteiger partial charge is 0.269 e. The van der Waals surface area contributed by atoms with Gasteiger partial charge in [0, 0.05) is 36.9 Å². The van der Waals surface area contributed by atoms with Crippen LogP contribution in [0.1, 0.15) is 36.3 Å². The Morgan fingerprint density at radius 2 is 1.88 bits per heavy atom. The van der Waals surface area contributed by atoms with Crippen molar-refractivity contribution in [3.8, 4) is 11.8 Å². The molecule has 174 valence electrons. The minimum Gasteiger partial charge on any atom is -0.487 e. The van der Waals surface area contributed by atoms with Crippen LogP contribution in [0, 0.1) is 28.6 Å². The molecule has 0 unspecified atom stereocenters. The number of halogens is 2. The number of nitriles is 1. The maximum absolute atomic E-state index is 13.0. The molecule has 0 amide bonds. The van der Waals surface area contributed by atoms with E-state index in [1.54, 1.807) is 24.1 Å². The number of hydrogen-bond donors (Lipinski definition) is 1. The van der Waals surface area contributed by atoms with E-state index < -0.39 is 10.8 Å². The fraction of sp³-hybridized carbons (Fsp3) is 0.250. The summed E-state index contributed by atoms with van der Waals surface area (Å²) in [6, 6.07) is 12.3. The van der Waals surface area contributed by atoms with E-state index in [0.717, 1.165) is 36.8 Å². The molecular formula is C24H20I2N4O4. The third-order valence-corrected chi connectivity index (χ3v) is 7.66. The van der Waals surface area contributed by atoms with Crippen LogP contribution in [0.5, 0.6) is 5.75 Å². The van der Waals surface area contributed by atoms with E-state index in [-0.39, 0.29) is 18.1 Å². The number of Topliss-reactive ketones (excluding diaryl/α,β-unsaturated/α-hetero) is 1. The van der Waals surface area contributed by atoms with Crippen LogP contribution in [-0.2, 0) is 11.4 Å². The number of nitrogens with two attached hydrogens (primary N) is 1. The predicted molar refractivity (Wildman–Crippen MR) is 143 cm³/mol. The number of carbonyl (C=O) groups is 1. The van der Waals surface area contributed by atoms with E-state index in [1.165, 1.54) is 12.1 Å². The van der Waals surface area contributed by atoms with E-state index in [9.17, 15) is 20.2 Å². The van der Waals surface area contributed by atoms with Crippen molar-refractivity contribution in [3.05, 3.63) is 87.4 Å². The minimum absolute atomic E-state index is 0.0296. The van der Waals surface area contributed by atoms with Crippen LogP contribution in [0.4, 0.5) is 5.69 Å². The molecule has 4 rings (SSSR count).